The highest BCUT2D eigenvalue weighted by atomic mass is 127. The maximum atomic E-state index is 9.43. The van der Waals surface area contributed by atoms with Gasteiger partial charge in [0.2, 0.25) is 0 Å². The number of guanidine groups is 1. The van der Waals surface area contributed by atoms with Gasteiger partial charge in [-0.15, -0.1) is 24.0 Å². The Morgan fingerprint density at radius 1 is 1.10 bits per heavy atom. The molecule has 1 unspecified atom stereocenters. The van der Waals surface area contributed by atoms with Gasteiger partial charge in [-0.25, -0.2) is 4.99 Å². The van der Waals surface area contributed by atoms with E-state index in [4.69, 9.17) is 14.5 Å². The molecule has 170 valence electrons. The molecule has 1 atom stereocenters. The number of hydrogen-bond acceptors (Lipinski definition) is 4. The topological polar surface area (TPSA) is 75.1 Å². The summed E-state index contributed by atoms with van der Waals surface area (Å²) < 4.78 is 11.5. The Kier molecular flexibility index (Phi) is 11.1. The number of ether oxygens (including phenoxy) is 2. The van der Waals surface area contributed by atoms with Gasteiger partial charge in [0, 0.05) is 31.7 Å². The van der Waals surface area contributed by atoms with E-state index in [1.54, 1.807) is 0 Å². The lowest BCUT2D eigenvalue weighted by Crippen LogP contribution is -2.44. The maximum Gasteiger partial charge on any atom is 0.191 e. The first-order chi connectivity index (χ1) is 14.7. The molecule has 0 spiro atoms. The number of hydrogen-bond donors (Lipinski definition) is 3. The molecule has 3 N–H and O–H groups in total. The van der Waals surface area contributed by atoms with Crippen molar-refractivity contribution in [1.82, 2.24) is 10.6 Å². The highest BCUT2D eigenvalue weighted by Crippen LogP contribution is 2.31. The van der Waals surface area contributed by atoms with Crippen LogP contribution in [0.3, 0.4) is 0 Å². The van der Waals surface area contributed by atoms with Crippen molar-refractivity contribution in [2.24, 2.45) is 10.4 Å². The largest absolute Gasteiger partial charge is 0.489 e. The molecular formula is C24H34IN3O3. The number of halogens is 1. The molecule has 0 aromatic heterocycles. The van der Waals surface area contributed by atoms with Crippen LogP contribution >= 0.6 is 24.0 Å². The Hall–Kier alpha value is -1.84. The molecule has 0 amide bonds. The molecule has 0 aliphatic carbocycles. The van der Waals surface area contributed by atoms with Gasteiger partial charge in [0.05, 0.1) is 13.2 Å². The highest BCUT2D eigenvalue weighted by molar-refractivity contribution is 14.0. The van der Waals surface area contributed by atoms with E-state index in [1.165, 1.54) is 0 Å². The van der Waals surface area contributed by atoms with Crippen LogP contribution in [-0.2, 0) is 17.9 Å². The van der Waals surface area contributed by atoms with Crippen molar-refractivity contribution in [3.05, 3.63) is 65.7 Å². The smallest absolute Gasteiger partial charge is 0.191 e. The fourth-order valence-electron chi connectivity index (χ4n) is 3.62. The predicted octanol–water partition coefficient (Wildman–Crippen LogP) is 3.73. The van der Waals surface area contributed by atoms with Gasteiger partial charge in [0.15, 0.2) is 5.96 Å². The first kappa shape index (κ1) is 25.4. The van der Waals surface area contributed by atoms with E-state index in [-0.39, 0.29) is 36.0 Å². The highest BCUT2D eigenvalue weighted by Gasteiger charge is 2.34. The van der Waals surface area contributed by atoms with Crippen molar-refractivity contribution in [1.29, 1.82) is 0 Å². The molecule has 1 aliphatic heterocycles. The number of para-hydroxylation sites is 1. The molecule has 6 nitrogen and oxygen atoms in total. The maximum absolute atomic E-state index is 9.43. The summed E-state index contributed by atoms with van der Waals surface area (Å²) in [7, 11) is 0. The third-order valence-electron chi connectivity index (χ3n) is 5.47. The van der Waals surface area contributed by atoms with Gasteiger partial charge < -0.3 is 25.2 Å². The summed E-state index contributed by atoms with van der Waals surface area (Å²) in [6, 6.07) is 18.1. The van der Waals surface area contributed by atoms with E-state index in [2.05, 4.69) is 29.7 Å². The standard InChI is InChI=1S/C24H33N3O3.HI/c1-2-25-23(27-18-24(12-14-28)13-15-29-19-24)26-16-20-8-6-7-9-21(20)17-30-22-10-4-3-5-11-22;/h3-11,28H,2,12-19H2,1H3,(H2,25,26,27);1H. The van der Waals surface area contributed by atoms with Crippen LogP contribution in [0, 0.1) is 5.41 Å². The van der Waals surface area contributed by atoms with E-state index in [1.807, 2.05) is 42.5 Å². The lowest BCUT2D eigenvalue weighted by Gasteiger charge is -2.27. The lowest BCUT2D eigenvalue weighted by atomic mass is 9.84. The van der Waals surface area contributed by atoms with Crippen LogP contribution in [0.5, 0.6) is 5.75 Å². The van der Waals surface area contributed by atoms with Gasteiger partial charge >= 0.3 is 0 Å². The fraction of sp³-hybridized carbons (Fsp3) is 0.458. The molecule has 1 heterocycles. The van der Waals surface area contributed by atoms with Gasteiger partial charge in [-0.1, -0.05) is 42.5 Å². The zero-order chi connectivity index (χ0) is 21.1. The third-order valence-corrected chi connectivity index (χ3v) is 5.47. The van der Waals surface area contributed by atoms with Crippen molar-refractivity contribution < 1.29 is 14.6 Å². The van der Waals surface area contributed by atoms with E-state index >= 15 is 0 Å². The number of rotatable bonds is 10. The van der Waals surface area contributed by atoms with E-state index < -0.39 is 0 Å². The Bertz CT molecular complexity index is 796. The second-order valence-electron chi connectivity index (χ2n) is 7.70. The van der Waals surface area contributed by atoms with E-state index in [0.717, 1.165) is 55.4 Å². The second-order valence-corrected chi connectivity index (χ2v) is 7.70. The number of aliphatic imine (C=N–C) groups is 1. The molecule has 0 saturated carbocycles. The van der Waals surface area contributed by atoms with Crippen LogP contribution in [0.15, 0.2) is 59.6 Å². The number of aliphatic hydroxyl groups excluding tert-OH is 1. The summed E-state index contributed by atoms with van der Waals surface area (Å²) in [5, 5.41) is 16.2. The normalized spacial score (nSPS) is 18.3. The van der Waals surface area contributed by atoms with Gasteiger partial charge in [0.1, 0.15) is 12.4 Å². The average Bonchev–Trinajstić information content (AvgIpc) is 3.24. The summed E-state index contributed by atoms with van der Waals surface area (Å²) >= 11 is 0. The van der Waals surface area contributed by atoms with Crippen LogP contribution in [-0.4, -0.2) is 44.0 Å². The van der Waals surface area contributed by atoms with Crippen molar-refractivity contribution >= 4 is 29.9 Å². The molecule has 31 heavy (non-hydrogen) atoms. The molecule has 0 radical (unpaired) electrons. The van der Waals surface area contributed by atoms with Gasteiger partial charge in [-0.2, -0.15) is 0 Å². The third kappa shape index (κ3) is 7.97. The summed E-state index contributed by atoms with van der Waals surface area (Å²) in [5.41, 5.74) is 2.24. The number of aliphatic hydroxyl groups is 1. The molecule has 1 aliphatic rings. The number of benzene rings is 2. The van der Waals surface area contributed by atoms with Crippen molar-refractivity contribution in [3.8, 4) is 5.75 Å². The first-order valence-corrected chi connectivity index (χ1v) is 10.7. The quantitative estimate of drug-likeness (QED) is 0.244. The second kappa shape index (κ2) is 13.5. The molecular weight excluding hydrogens is 505 g/mol. The summed E-state index contributed by atoms with van der Waals surface area (Å²) in [6.45, 7) is 6.26. The van der Waals surface area contributed by atoms with Gasteiger partial charge in [-0.05, 0) is 43.0 Å². The zero-order valence-electron chi connectivity index (χ0n) is 18.2. The monoisotopic (exact) mass is 539 g/mol. The van der Waals surface area contributed by atoms with Crippen LogP contribution in [0.1, 0.15) is 30.9 Å². The Morgan fingerprint density at radius 2 is 1.84 bits per heavy atom. The van der Waals surface area contributed by atoms with Crippen LogP contribution in [0.2, 0.25) is 0 Å². The number of nitrogens with one attached hydrogen (secondary N) is 2. The van der Waals surface area contributed by atoms with Gasteiger partial charge in [0.25, 0.3) is 0 Å². The van der Waals surface area contributed by atoms with Crippen molar-refractivity contribution in [2.75, 3.05) is 32.9 Å². The SMILES string of the molecule is CCNC(=NCc1ccccc1COc1ccccc1)NCC1(CCO)CCOC1.I. The summed E-state index contributed by atoms with van der Waals surface area (Å²) in [6.07, 6.45) is 1.69. The molecule has 1 fully saturated rings. The molecule has 2 aromatic rings. The van der Waals surface area contributed by atoms with Gasteiger partial charge in [-0.3, -0.25) is 0 Å². The predicted molar refractivity (Wildman–Crippen MR) is 135 cm³/mol. The van der Waals surface area contributed by atoms with Crippen molar-refractivity contribution in [3.63, 3.8) is 0 Å². The lowest BCUT2D eigenvalue weighted by molar-refractivity contribution is 0.127. The van der Waals surface area contributed by atoms with Crippen molar-refractivity contribution in [2.45, 2.75) is 32.9 Å². The van der Waals surface area contributed by atoms with E-state index in [0.29, 0.717) is 19.8 Å². The minimum atomic E-state index is -0.0215. The minimum Gasteiger partial charge on any atom is -0.489 e. The van der Waals surface area contributed by atoms with E-state index in [9.17, 15) is 5.11 Å². The summed E-state index contributed by atoms with van der Waals surface area (Å²) in [4.78, 5) is 4.79. The number of nitrogens with zero attached hydrogens (tertiary/aromatic N) is 1. The zero-order valence-corrected chi connectivity index (χ0v) is 20.5. The Balaban J connectivity index is 0.00000341. The van der Waals surface area contributed by atoms with Crippen LogP contribution < -0.4 is 15.4 Å². The molecule has 2 aromatic carbocycles. The molecule has 7 heteroatoms. The molecule has 0 bridgehead atoms. The molecule has 3 rings (SSSR count). The summed E-state index contributed by atoms with van der Waals surface area (Å²) in [5.74, 6) is 1.64. The van der Waals surface area contributed by atoms with Crippen LogP contribution in [0.25, 0.3) is 0 Å². The first-order valence-electron chi connectivity index (χ1n) is 10.7. The van der Waals surface area contributed by atoms with Crippen LogP contribution in [0.4, 0.5) is 0 Å². The average molecular weight is 539 g/mol. The Labute approximate surface area is 202 Å². The minimum absolute atomic E-state index is 0. The molecule has 1 saturated heterocycles. The Morgan fingerprint density at radius 3 is 2.52 bits per heavy atom. The fourth-order valence-corrected chi connectivity index (χ4v) is 3.62.